The molecule has 3 saturated heterocycles. The summed E-state index contributed by atoms with van der Waals surface area (Å²) in [6.07, 6.45) is 8.18. The number of hydrogen-bond acceptors (Lipinski definition) is 5. The summed E-state index contributed by atoms with van der Waals surface area (Å²) >= 11 is 8.28. The van der Waals surface area contributed by atoms with E-state index in [2.05, 4.69) is 20.1 Å². The van der Waals surface area contributed by atoms with Gasteiger partial charge in [0.1, 0.15) is 6.04 Å². The number of halogens is 1. The molecule has 3 unspecified atom stereocenters. The summed E-state index contributed by atoms with van der Waals surface area (Å²) in [5, 5.41) is 9.66. The highest BCUT2D eigenvalue weighted by Gasteiger charge is 2.76. The average Bonchev–Trinajstić information content (AvgIpc) is 3.55. The number of carbonyl (C=O) groups excluding carboxylic acids is 3. The molecule has 0 aliphatic carbocycles. The normalized spacial score (nSPS) is 28.0. The average molecular weight is 602 g/mol. The van der Waals surface area contributed by atoms with Gasteiger partial charge in [-0.2, -0.15) is 0 Å². The highest BCUT2D eigenvalue weighted by atomic mass is 35.5. The SMILES string of the molecule is C=CCN(CCC)C(=O)[C@@H]1[C@@H]2CC(C)C3(S2)C(C(=O)N(CC=C)c2ccccc2Cl)N(CCCCCCO)C(=O)[C@H]13. The van der Waals surface area contributed by atoms with Crippen molar-refractivity contribution in [2.75, 3.05) is 37.7 Å². The Bertz CT molecular complexity index is 1150. The van der Waals surface area contributed by atoms with Gasteiger partial charge in [-0.3, -0.25) is 14.4 Å². The van der Waals surface area contributed by atoms with Crippen LogP contribution < -0.4 is 4.90 Å². The van der Waals surface area contributed by atoms with Crippen LogP contribution in [0.2, 0.25) is 5.02 Å². The van der Waals surface area contributed by atoms with Crippen LogP contribution in [0.3, 0.4) is 0 Å². The van der Waals surface area contributed by atoms with E-state index in [1.54, 1.807) is 39.8 Å². The van der Waals surface area contributed by atoms with Crippen molar-refractivity contribution in [2.24, 2.45) is 17.8 Å². The second-order valence-electron chi connectivity index (χ2n) is 11.5. The van der Waals surface area contributed by atoms with Crippen molar-refractivity contribution in [3.8, 4) is 0 Å². The Balaban J connectivity index is 1.76. The van der Waals surface area contributed by atoms with Gasteiger partial charge in [-0.05, 0) is 43.7 Å². The van der Waals surface area contributed by atoms with E-state index in [9.17, 15) is 19.5 Å². The fraction of sp³-hybridized carbons (Fsp3) is 0.594. The maximum atomic E-state index is 14.7. The second kappa shape index (κ2) is 13.8. The minimum atomic E-state index is -0.712. The number of para-hydroxylation sites is 1. The molecule has 1 aromatic rings. The molecule has 1 N–H and O–H groups in total. The number of anilines is 1. The van der Waals surface area contributed by atoms with Crippen LogP contribution in [0.25, 0.3) is 0 Å². The number of thioether (sulfide) groups is 1. The third-order valence-electron chi connectivity index (χ3n) is 8.95. The van der Waals surface area contributed by atoms with Gasteiger partial charge in [0.2, 0.25) is 11.8 Å². The number of aliphatic hydroxyl groups excluding tert-OH is 1. The minimum Gasteiger partial charge on any atom is -0.396 e. The highest BCUT2D eigenvalue weighted by Crippen LogP contribution is 2.69. The third kappa shape index (κ3) is 5.72. The van der Waals surface area contributed by atoms with Crippen molar-refractivity contribution in [3.63, 3.8) is 0 Å². The van der Waals surface area contributed by atoms with Crippen LogP contribution in [0, 0.1) is 17.8 Å². The zero-order valence-corrected chi connectivity index (χ0v) is 25.9. The lowest BCUT2D eigenvalue weighted by atomic mass is 9.65. The van der Waals surface area contributed by atoms with E-state index in [1.165, 1.54) is 0 Å². The molecule has 1 spiro atoms. The third-order valence-corrected chi connectivity index (χ3v) is 11.3. The summed E-state index contributed by atoms with van der Waals surface area (Å²) in [7, 11) is 0. The summed E-state index contributed by atoms with van der Waals surface area (Å²) in [5.74, 6) is -1.19. The van der Waals surface area contributed by atoms with E-state index in [0.717, 1.165) is 32.1 Å². The summed E-state index contributed by atoms with van der Waals surface area (Å²) in [4.78, 5) is 48.5. The molecule has 9 heteroatoms. The first-order valence-electron chi connectivity index (χ1n) is 14.9. The number of likely N-dealkylation sites (tertiary alicyclic amines) is 1. The molecule has 0 saturated carbocycles. The Labute approximate surface area is 254 Å². The monoisotopic (exact) mass is 601 g/mol. The summed E-state index contributed by atoms with van der Waals surface area (Å²) in [6.45, 7) is 13.8. The summed E-state index contributed by atoms with van der Waals surface area (Å²) < 4.78 is -0.697. The number of fused-ring (bicyclic) bond motifs is 1. The van der Waals surface area contributed by atoms with Gasteiger partial charge in [0.15, 0.2) is 0 Å². The van der Waals surface area contributed by atoms with Gasteiger partial charge in [0.25, 0.3) is 5.91 Å². The minimum absolute atomic E-state index is 0.00132. The van der Waals surface area contributed by atoms with Gasteiger partial charge in [-0.25, -0.2) is 0 Å². The van der Waals surface area contributed by atoms with E-state index in [0.29, 0.717) is 36.8 Å². The van der Waals surface area contributed by atoms with Crippen molar-refractivity contribution in [1.29, 1.82) is 0 Å². The zero-order valence-electron chi connectivity index (χ0n) is 24.3. The number of aliphatic hydroxyl groups is 1. The van der Waals surface area contributed by atoms with Crippen LogP contribution in [-0.2, 0) is 14.4 Å². The second-order valence-corrected chi connectivity index (χ2v) is 13.4. The molecule has 6 atom stereocenters. The summed E-state index contributed by atoms with van der Waals surface area (Å²) in [6, 6.07) is 6.54. The fourth-order valence-electron chi connectivity index (χ4n) is 7.25. The lowest BCUT2D eigenvalue weighted by Crippen LogP contribution is -2.57. The lowest BCUT2D eigenvalue weighted by Gasteiger charge is -2.41. The molecule has 0 aromatic heterocycles. The van der Waals surface area contributed by atoms with E-state index in [4.69, 9.17) is 11.6 Å². The molecule has 3 aliphatic rings. The van der Waals surface area contributed by atoms with Crippen LogP contribution in [-0.4, -0.2) is 81.5 Å². The molecule has 3 heterocycles. The van der Waals surface area contributed by atoms with Gasteiger partial charge in [-0.15, -0.1) is 24.9 Å². The molecule has 3 amide bonds. The van der Waals surface area contributed by atoms with Gasteiger partial charge in [0.05, 0.1) is 27.3 Å². The van der Waals surface area contributed by atoms with Crippen LogP contribution >= 0.6 is 23.4 Å². The van der Waals surface area contributed by atoms with Crippen LogP contribution in [0.5, 0.6) is 0 Å². The Morgan fingerprint density at radius 2 is 1.85 bits per heavy atom. The quantitative estimate of drug-likeness (QED) is 0.221. The zero-order chi connectivity index (χ0) is 29.7. The standard InChI is InChI=1S/C32H44ClN3O4S/c1-5-16-34(17-6-2)29(38)26-25-21-22(4)32(41-25)27(26)30(39)36(19-12-8-9-13-20-37)28(32)31(40)35(18-7-3)24-15-11-10-14-23(24)33/h5,7,10-11,14-15,22,25-28,37H,1,3,6,8-9,12-13,16-21H2,2,4H3/t22?,25-,26+,27-,28?,32?/m0/s1. The van der Waals surface area contributed by atoms with Crippen molar-refractivity contribution in [3.05, 3.63) is 54.6 Å². The van der Waals surface area contributed by atoms with E-state index in [1.807, 2.05) is 30.0 Å². The van der Waals surface area contributed by atoms with Crippen molar-refractivity contribution >= 4 is 46.8 Å². The maximum Gasteiger partial charge on any atom is 0.251 e. The van der Waals surface area contributed by atoms with Crippen LogP contribution in [0.1, 0.15) is 52.4 Å². The van der Waals surface area contributed by atoms with Gasteiger partial charge >= 0.3 is 0 Å². The van der Waals surface area contributed by atoms with Gasteiger partial charge in [0, 0.05) is 38.0 Å². The molecule has 41 heavy (non-hydrogen) atoms. The van der Waals surface area contributed by atoms with E-state index < -0.39 is 22.6 Å². The molecular formula is C32H44ClN3O4S. The smallest absolute Gasteiger partial charge is 0.251 e. The first-order chi connectivity index (χ1) is 19.8. The Morgan fingerprint density at radius 1 is 1.15 bits per heavy atom. The Kier molecular flexibility index (Phi) is 10.6. The Morgan fingerprint density at radius 3 is 2.51 bits per heavy atom. The molecule has 0 radical (unpaired) electrons. The lowest BCUT2D eigenvalue weighted by molar-refractivity contribution is -0.144. The van der Waals surface area contributed by atoms with Crippen molar-refractivity contribution in [2.45, 2.75) is 68.4 Å². The number of carbonyl (C=O) groups is 3. The largest absolute Gasteiger partial charge is 0.396 e. The predicted molar refractivity (Wildman–Crippen MR) is 167 cm³/mol. The topological polar surface area (TPSA) is 81.2 Å². The molecule has 224 valence electrons. The highest BCUT2D eigenvalue weighted by molar-refractivity contribution is 8.02. The number of nitrogens with zero attached hydrogens (tertiary/aromatic N) is 3. The van der Waals surface area contributed by atoms with Gasteiger partial charge < -0.3 is 19.8 Å². The molecule has 3 fully saturated rings. The molecule has 4 rings (SSSR count). The molecule has 3 aliphatic heterocycles. The van der Waals surface area contributed by atoms with Gasteiger partial charge in [-0.1, -0.05) is 62.6 Å². The Hall–Kier alpha value is -2.29. The number of amides is 3. The van der Waals surface area contributed by atoms with Crippen molar-refractivity contribution in [1.82, 2.24) is 9.80 Å². The molecular weight excluding hydrogens is 558 g/mol. The van der Waals surface area contributed by atoms with Crippen molar-refractivity contribution < 1.29 is 19.5 Å². The maximum absolute atomic E-state index is 14.7. The first-order valence-corrected chi connectivity index (χ1v) is 16.2. The molecule has 7 nitrogen and oxygen atoms in total. The predicted octanol–water partition coefficient (Wildman–Crippen LogP) is 5.17. The molecule has 2 bridgehead atoms. The first kappa shape index (κ1) is 31.6. The molecule has 1 aromatic carbocycles. The summed E-state index contributed by atoms with van der Waals surface area (Å²) in [5.41, 5.74) is 0.590. The number of hydrogen-bond donors (Lipinski definition) is 1. The van der Waals surface area contributed by atoms with Crippen LogP contribution in [0.4, 0.5) is 5.69 Å². The number of rotatable bonds is 15. The van der Waals surface area contributed by atoms with E-state index >= 15 is 0 Å². The number of benzene rings is 1. The number of unbranched alkanes of at least 4 members (excludes halogenated alkanes) is 3. The fourth-order valence-corrected chi connectivity index (χ4v) is 9.90. The van der Waals surface area contributed by atoms with Crippen LogP contribution in [0.15, 0.2) is 49.6 Å². The van der Waals surface area contributed by atoms with E-state index in [-0.39, 0.29) is 42.0 Å².